The summed E-state index contributed by atoms with van der Waals surface area (Å²) in [6.07, 6.45) is 2.20. The highest BCUT2D eigenvalue weighted by atomic mass is 35.5. The highest BCUT2D eigenvalue weighted by molar-refractivity contribution is 6.32. The lowest BCUT2D eigenvalue weighted by molar-refractivity contribution is -0.145. The van der Waals surface area contributed by atoms with Crippen LogP contribution in [-0.4, -0.2) is 18.5 Å². The fraction of sp³-hybridized carbons (Fsp3) is 0.273. The molecule has 1 atom stereocenters. The molecule has 1 amide bonds. The van der Waals surface area contributed by atoms with E-state index in [1.54, 1.807) is 25.1 Å². The zero-order valence-electron chi connectivity index (χ0n) is 15.7. The molecule has 1 heterocycles. The van der Waals surface area contributed by atoms with Crippen LogP contribution in [0.1, 0.15) is 37.0 Å². The van der Waals surface area contributed by atoms with E-state index in [1.165, 1.54) is 6.07 Å². The Balaban J connectivity index is 1.86. The molecule has 1 N–H and O–H groups in total. The Labute approximate surface area is 168 Å². The average Bonchev–Trinajstić information content (AvgIpc) is 2.65. The maximum Gasteiger partial charge on any atom is 0.306 e. The van der Waals surface area contributed by atoms with Gasteiger partial charge in [0.05, 0.1) is 24.0 Å². The first-order chi connectivity index (χ1) is 13.4. The minimum absolute atomic E-state index is 0.0446. The van der Waals surface area contributed by atoms with Crippen molar-refractivity contribution in [3.63, 3.8) is 0 Å². The van der Waals surface area contributed by atoms with Gasteiger partial charge in [-0.05, 0) is 67.3 Å². The molecule has 3 rings (SSSR count). The molecule has 1 aliphatic heterocycles. The Morgan fingerprint density at radius 1 is 1.36 bits per heavy atom. The van der Waals surface area contributed by atoms with Crippen LogP contribution in [-0.2, 0) is 20.7 Å². The van der Waals surface area contributed by atoms with Gasteiger partial charge in [0.1, 0.15) is 5.82 Å². The van der Waals surface area contributed by atoms with Crippen LogP contribution >= 0.6 is 11.6 Å². The van der Waals surface area contributed by atoms with Gasteiger partial charge in [0.2, 0.25) is 5.91 Å². The molecule has 6 heteroatoms. The van der Waals surface area contributed by atoms with Crippen LogP contribution in [0.4, 0.5) is 10.1 Å². The summed E-state index contributed by atoms with van der Waals surface area (Å²) in [5.74, 6) is -1.41. The van der Waals surface area contributed by atoms with Crippen molar-refractivity contribution in [2.45, 2.75) is 26.7 Å². The topological polar surface area (TPSA) is 55.4 Å². The fourth-order valence-corrected chi connectivity index (χ4v) is 3.47. The molecule has 0 bridgehead atoms. The Bertz CT molecular complexity index is 935. The Kier molecular flexibility index (Phi) is 6.15. The predicted molar refractivity (Wildman–Crippen MR) is 108 cm³/mol. The number of allylic oxidation sites excluding steroid dienone is 1. The Hall–Kier alpha value is -2.66. The second-order valence-electron chi connectivity index (χ2n) is 6.73. The third-order valence-electron chi connectivity index (χ3n) is 4.73. The van der Waals surface area contributed by atoms with Crippen LogP contribution in [0.3, 0.4) is 0 Å². The largest absolute Gasteiger partial charge is 0.466 e. The van der Waals surface area contributed by atoms with E-state index in [9.17, 15) is 14.0 Å². The van der Waals surface area contributed by atoms with Crippen LogP contribution in [0.2, 0.25) is 5.02 Å². The molecular weight excluding hydrogens is 381 g/mol. The van der Waals surface area contributed by atoms with Crippen LogP contribution in [0.25, 0.3) is 11.6 Å². The second-order valence-corrected chi connectivity index (χ2v) is 7.14. The monoisotopic (exact) mass is 401 g/mol. The molecule has 2 aromatic rings. The van der Waals surface area contributed by atoms with E-state index in [1.807, 2.05) is 25.1 Å². The number of esters is 1. The summed E-state index contributed by atoms with van der Waals surface area (Å²) in [6, 6.07) is 10.2. The number of amides is 1. The number of carbonyl (C=O) groups is 2. The maximum absolute atomic E-state index is 14.1. The van der Waals surface area contributed by atoms with Crippen molar-refractivity contribution < 1.29 is 18.7 Å². The van der Waals surface area contributed by atoms with Crippen LogP contribution < -0.4 is 5.32 Å². The van der Waals surface area contributed by atoms with E-state index in [2.05, 4.69) is 5.32 Å². The molecule has 0 aliphatic carbocycles. The lowest BCUT2D eigenvalue weighted by Gasteiger charge is -2.24. The molecule has 0 aromatic heterocycles. The minimum atomic E-state index is -0.466. The first kappa shape index (κ1) is 20.1. The summed E-state index contributed by atoms with van der Waals surface area (Å²) in [4.78, 5) is 24.0. The molecule has 2 aromatic carbocycles. The summed E-state index contributed by atoms with van der Waals surface area (Å²) in [6.45, 7) is 3.90. The van der Waals surface area contributed by atoms with Crippen molar-refractivity contribution in [3.05, 3.63) is 63.9 Å². The number of halogens is 2. The van der Waals surface area contributed by atoms with Gasteiger partial charge in [-0.25, -0.2) is 4.39 Å². The van der Waals surface area contributed by atoms with Gasteiger partial charge in [-0.1, -0.05) is 23.7 Å². The number of benzene rings is 2. The van der Waals surface area contributed by atoms with Gasteiger partial charge in [0.25, 0.3) is 0 Å². The number of nitrogens with one attached hydrogen (secondary N) is 1. The summed E-state index contributed by atoms with van der Waals surface area (Å²) >= 11 is 6.11. The van der Waals surface area contributed by atoms with Gasteiger partial charge in [0, 0.05) is 11.3 Å². The number of carbonyl (C=O) groups excluding carboxylic acids is 2. The first-order valence-corrected chi connectivity index (χ1v) is 9.49. The zero-order chi connectivity index (χ0) is 20.3. The van der Waals surface area contributed by atoms with Crippen molar-refractivity contribution in [2.24, 2.45) is 5.92 Å². The third kappa shape index (κ3) is 4.42. The maximum atomic E-state index is 14.1. The Morgan fingerprint density at radius 2 is 2.14 bits per heavy atom. The van der Waals surface area contributed by atoms with Crippen molar-refractivity contribution in [3.8, 4) is 0 Å². The molecule has 0 saturated heterocycles. The van der Waals surface area contributed by atoms with Crippen molar-refractivity contribution in [1.82, 2.24) is 0 Å². The standard InChI is InChI=1S/C22H21ClFNO3/c1-3-28-21(26)12-16-11-15-10-14(7-8-20(15)25-22(16)27)13(2)9-17-18(23)5-4-6-19(17)24/h4-10,16H,3,11-12H2,1-2H3,(H,25,27)/b13-9+. The first-order valence-electron chi connectivity index (χ1n) is 9.11. The van der Waals surface area contributed by atoms with Crippen LogP contribution in [0, 0.1) is 11.7 Å². The van der Waals surface area contributed by atoms with Gasteiger partial charge >= 0.3 is 5.97 Å². The van der Waals surface area contributed by atoms with Gasteiger partial charge < -0.3 is 10.1 Å². The predicted octanol–water partition coefficient (Wildman–Crippen LogP) is 5.10. The minimum Gasteiger partial charge on any atom is -0.466 e. The molecule has 0 fully saturated rings. The van der Waals surface area contributed by atoms with E-state index in [0.29, 0.717) is 17.0 Å². The highest BCUT2D eigenvalue weighted by Crippen LogP contribution is 2.31. The smallest absolute Gasteiger partial charge is 0.306 e. The summed E-state index contributed by atoms with van der Waals surface area (Å²) in [5.41, 5.74) is 3.73. The number of ether oxygens (including phenoxy) is 1. The van der Waals surface area contributed by atoms with Gasteiger partial charge in [0.15, 0.2) is 0 Å². The average molecular weight is 402 g/mol. The van der Waals surface area contributed by atoms with E-state index >= 15 is 0 Å². The highest BCUT2D eigenvalue weighted by Gasteiger charge is 2.28. The molecule has 0 radical (unpaired) electrons. The number of rotatable bonds is 5. The van der Waals surface area contributed by atoms with Crippen molar-refractivity contribution in [1.29, 1.82) is 0 Å². The number of hydrogen-bond donors (Lipinski definition) is 1. The molecule has 1 aliphatic rings. The SMILES string of the molecule is CCOC(=O)CC1Cc2cc(/C(C)=C/c3c(F)cccc3Cl)ccc2NC1=O. The molecule has 0 spiro atoms. The number of hydrogen-bond acceptors (Lipinski definition) is 3. The number of fused-ring (bicyclic) bond motifs is 1. The van der Waals surface area contributed by atoms with Crippen LogP contribution in [0.15, 0.2) is 36.4 Å². The molecule has 28 heavy (non-hydrogen) atoms. The lowest BCUT2D eigenvalue weighted by Crippen LogP contribution is -2.32. The van der Waals surface area contributed by atoms with Crippen molar-refractivity contribution >= 4 is 40.8 Å². The molecule has 0 saturated carbocycles. The summed E-state index contributed by atoms with van der Waals surface area (Å²) in [5, 5.41) is 3.19. The lowest BCUT2D eigenvalue weighted by atomic mass is 9.89. The normalized spacial score (nSPS) is 16.4. The second kappa shape index (κ2) is 8.57. The number of anilines is 1. The Morgan fingerprint density at radius 3 is 2.86 bits per heavy atom. The van der Waals surface area contributed by atoms with E-state index in [0.717, 1.165) is 22.4 Å². The summed E-state index contributed by atoms with van der Waals surface area (Å²) in [7, 11) is 0. The van der Waals surface area contributed by atoms with E-state index < -0.39 is 5.92 Å². The van der Waals surface area contributed by atoms with Gasteiger partial charge in [-0.2, -0.15) is 0 Å². The quantitative estimate of drug-likeness (QED) is 0.560. The van der Waals surface area contributed by atoms with Gasteiger partial charge in [-0.3, -0.25) is 9.59 Å². The van der Waals surface area contributed by atoms with Crippen LogP contribution in [0.5, 0.6) is 0 Å². The molecule has 4 nitrogen and oxygen atoms in total. The van der Waals surface area contributed by atoms with Crippen molar-refractivity contribution in [2.75, 3.05) is 11.9 Å². The summed E-state index contributed by atoms with van der Waals surface area (Å²) < 4.78 is 19.0. The fourth-order valence-electron chi connectivity index (χ4n) is 3.26. The van der Waals surface area contributed by atoms with Gasteiger partial charge in [-0.15, -0.1) is 0 Å². The third-order valence-corrected chi connectivity index (χ3v) is 5.06. The molecule has 146 valence electrons. The molecular formula is C22H21ClFNO3. The molecule has 1 unspecified atom stereocenters. The van der Waals surface area contributed by atoms with E-state index in [-0.39, 0.29) is 30.7 Å². The zero-order valence-corrected chi connectivity index (χ0v) is 16.5. The van der Waals surface area contributed by atoms with E-state index in [4.69, 9.17) is 16.3 Å².